The van der Waals surface area contributed by atoms with E-state index in [-0.39, 0.29) is 0 Å². The van der Waals surface area contributed by atoms with Crippen LogP contribution in [0.3, 0.4) is 0 Å². The maximum atomic E-state index is 7.07. The van der Waals surface area contributed by atoms with E-state index in [1.54, 1.807) is 0 Å². The predicted molar refractivity (Wildman–Crippen MR) is 75.2 cm³/mol. The molecule has 100 valence electrons. The molecule has 0 aromatic heterocycles. The van der Waals surface area contributed by atoms with Gasteiger partial charge in [0.05, 0.1) is 7.11 Å². The topological polar surface area (TPSA) is 29.5 Å². The lowest BCUT2D eigenvalue weighted by molar-refractivity contribution is -0.214. The van der Waals surface area contributed by atoms with E-state index >= 15 is 0 Å². The molecule has 0 aliphatic carbocycles. The monoisotopic (exact) mass is 240 g/mol. The van der Waals surface area contributed by atoms with Gasteiger partial charge >= 0.3 is 0 Å². The first kappa shape index (κ1) is 18.5. The second kappa shape index (κ2) is 15.1. The minimum absolute atomic E-state index is 0.903. The molecular weight excluding hydrogens is 212 g/mol. The number of aryl methyl sites for hydroxylation is 1. The third-order valence-electron chi connectivity index (χ3n) is 2.08. The highest BCUT2D eigenvalue weighted by atomic mass is 17.1. The first-order valence-electron chi connectivity index (χ1n) is 6.27. The van der Waals surface area contributed by atoms with Gasteiger partial charge in [0.25, 0.3) is 0 Å². The van der Waals surface area contributed by atoms with Gasteiger partial charge in [-0.3, -0.25) is 5.26 Å². The molecular formula is C15H28O2. The van der Waals surface area contributed by atoms with Gasteiger partial charge in [-0.05, 0) is 12.8 Å². The minimum atomic E-state index is 0.903. The van der Waals surface area contributed by atoms with Crippen LogP contribution in [0.2, 0.25) is 0 Å². The van der Waals surface area contributed by atoms with Crippen LogP contribution >= 0.6 is 0 Å². The highest BCUT2D eigenvalue weighted by molar-refractivity contribution is 5.11. The van der Waals surface area contributed by atoms with Gasteiger partial charge in [-0.2, -0.15) is 0 Å². The Morgan fingerprint density at radius 2 is 1.65 bits per heavy atom. The Labute approximate surface area is 107 Å². The fourth-order valence-electron chi connectivity index (χ4n) is 1.15. The number of benzene rings is 1. The molecule has 0 fully saturated rings. The van der Waals surface area contributed by atoms with Gasteiger partial charge in [-0.25, -0.2) is 4.89 Å². The van der Waals surface area contributed by atoms with E-state index < -0.39 is 0 Å². The first-order valence-corrected chi connectivity index (χ1v) is 6.27. The average molecular weight is 240 g/mol. The first-order chi connectivity index (χ1) is 8.08. The van der Waals surface area contributed by atoms with Crippen molar-refractivity contribution in [2.45, 2.75) is 47.0 Å². The number of hydrogen-bond acceptors (Lipinski definition) is 2. The van der Waals surface area contributed by atoms with Crippen molar-refractivity contribution in [3.8, 4) is 0 Å². The summed E-state index contributed by atoms with van der Waals surface area (Å²) in [7, 11) is 1.18. The fourth-order valence-corrected chi connectivity index (χ4v) is 1.15. The average Bonchev–Trinajstić information content (AvgIpc) is 2.29. The second-order valence-electron chi connectivity index (χ2n) is 4.37. The van der Waals surface area contributed by atoms with Crippen LogP contribution in [0, 0.1) is 12.8 Å². The molecule has 0 aliphatic heterocycles. The van der Waals surface area contributed by atoms with Crippen molar-refractivity contribution in [2.75, 3.05) is 7.11 Å². The molecule has 0 saturated carbocycles. The fraction of sp³-hybridized carbons (Fsp3) is 0.600. The number of rotatable bonds is 3. The summed E-state index contributed by atoms with van der Waals surface area (Å²) in [5.74, 6) is 0.903. The van der Waals surface area contributed by atoms with Crippen LogP contribution in [-0.4, -0.2) is 12.4 Å². The lowest BCUT2D eigenvalue weighted by Crippen LogP contribution is -1.83. The van der Waals surface area contributed by atoms with Gasteiger partial charge in [0.2, 0.25) is 0 Å². The molecule has 1 rings (SSSR count). The van der Waals surface area contributed by atoms with Gasteiger partial charge < -0.3 is 0 Å². The smallest absolute Gasteiger partial charge is 0.0710 e. The molecule has 1 aromatic rings. The highest BCUT2D eigenvalue weighted by Gasteiger charge is 1.88. The Kier molecular flexibility index (Phi) is 16.5. The second-order valence-corrected chi connectivity index (χ2v) is 4.37. The molecule has 0 heterocycles. The SMILES string of the molecule is CCCCC(C)C.COO.Cc1ccccc1. The Morgan fingerprint density at radius 1 is 1.18 bits per heavy atom. The van der Waals surface area contributed by atoms with Gasteiger partial charge in [0, 0.05) is 0 Å². The molecule has 0 atom stereocenters. The molecule has 0 bridgehead atoms. The van der Waals surface area contributed by atoms with Gasteiger partial charge in [0.15, 0.2) is 0 Å². The van der Waals surface area contributed by atoms with Crippen LogP contribution in [0.4, 0.5) is 0 Å². The van der Waals surface area contributed by atoms with Crippen molar-refractivity contribution >= 4 is 0 Å². The van der Waals surface area contributed by atoms with E-state index in [0.717, 1.165) is 5.92 Å². The summed E-state index contributed by atoms with van der Waals surface area (Å²) < 4.78 is 0. The minimum Gasteiger partial charge on any atom is -0.252 e. The maximum Gasteiger partial charge on any atom is 0.0710 e. The van der Waals surface area contributed by atoms with Crippen LogP contribution in [0.25, 0.3) is 0 Å². The molecule has 0 radical (unpaired) electrons. The van der Waals surface area contributed by atoms with Gasteiger partial charge in [-0.15, -0.1) is 0 Å². The quantitative estimate of drug-likeness (QED) is 0.599. The maximum absolute atomic E-state index is 7.07. The normalized spacial score (nSPS) is 8.88. The van der Waals surface area contributed by atoms with E-state index in [9.17, 15) is 0 Å². The zero-order valence-electron chi connectivity index (χ0n) is 11.9. The number of unbranched alkanes of at least 4 members (excludes halogenated alkanes) is 1. The molecule has 1 N–H and O–H groups in total. The summed E-state index contributed by atoms with van der Waals surface area (Å²) >= 11 is 0. The van der Waals surface area contributed by atoms with Crippen molar-refractivity contribution < 1.29 is 10.1 Å². The van der Waals surface area contributed by atoms with Crippen molar-refractivity contribution in [2.24, 2.45) is 5.92 Å². The van der Waals surface area contributed by atoms with E-state index in [4.69, 9.17) is 5.26 Å². The summed E-state index contributed by atoms with van der Waals surface area (Å²) in [6.07, 6.45) is 4.15. The van der Waals surface area contributed by atoms with Crippen molar-refractivity contribution in [3.05, 3.63) is 35.9 Å². The summed E-state index contributed by atoms with van der Waals surface area (Å²) in [6, 6.07) is 10.3. The van der Waals surface area contributed by atoms with Gasteiger partial charge in [0.1, 0.15) is 0 Å². The molecule has 0 amide bonds. The lowest BCUT2D eigenvalue weighted by atomic mass is 10.1. The summed E-state index contributed by atoms with van der Waals surface area (Å²) in [5, 5.41) is 7.07. The van der Waals surface area contributed by atoms with E-state index in [2.05, 4.69) is 44.7 Å². The van der Waals surface area contributed by atoms with Crippen LogP contribution < -0.4 is 0 Å². The standard InChI is InChI=1S/C7H8.C7H16.CH4O2/c1-7-5-3-2-4-6-7;1-4-5-6-7(2)3;1-3-2/h2-6H,1H3;7H,4-6H2,1-3H3;2H,1H3. The zero-order valence-corrected chi connectivity index (χ0v) is 11.9. The van der Waals surface area contributed by atoms with E-state index in [1.165, 1.54) is 31.9 Å². The molecule has 2 nitrogen and oxygen atoms in total. The van der Waals surface area contributed by atoms with E-state index in [0.29, 0.717) is 0 Å². The van der Waals surface area contributed by atoms with Crippen LogP contribution in [0.15, 0.2) is 30.3 Å². The third kappa shape index (κ3) is 21.1. The van der Waals surface area contributed by atoms with Crippen LogP contribution in [0.5, 0.6) is 0 Å². The summed E-state index contributed by atoms with van der Waals surface area (Å²) in [5.41, 5.74) is 1.32. The molecule has 0 saturated heterocycles. The molecule has 2 heteroatoms. The van der Waals surface area contributed by atoms with Gasteiger partial charge in [-0.1, -0.05) is 75.9 Å². The largest absolute Gasteiger partial charge is 0.252 e. The molecule has 0 unspecified atom stereocenters. The Hall–Kier alpha value is -0.860. The summed E-state index contributed by atoms with van der Waals surface area (Å²) in [6.45, 7) is 8.87. The lowest BCUT2D eigenvalue weighted by Gasteiger charge is -1.98. The Balaban J connectivity index is 0. The third-order valence-corrected chi connectivity index (χ3v) is 2.08. The summed E-state index contributed by atoms with van der Waals surface area (Å²) in [4.78, 5) is 3.25. The molecule has 0 aliphatic rings. The molecule has 17 heavy (non-hydrogen) atoms. The van der Waals surface area contributed by atoms with Crippen molar-refractivity contribution in [3.63, 3.8) is 0 Å². The predicted octanol–water partition coefficient (Wildman–Crippen LogP) is 4.93. The zero-order chi connectivity index (χ0) is 13.5. The van der Waals surface area contributed by atoms with Crippen LogP contribution in [0.1, 0.15) is 45.6 Å². The van der Waals surface area contributed by atoms with Crippen molar-refractivity contribution in [1.82, 2.24) is 0 Å². The number of hydrogen-bond donors (Lipinski definition) is 1. The highest BCUT2D eigenvalue weighted by Crippen LogP contribution is 2.04. The van der Waals surface area contributed by atoms with Crippen LogP contribution in [-0.2, 0) is 4.89 Å². The Morgan fingerprint density at radius 3 is 1.82 bits per heavy atom. The molecule has 1 aromatic carbocycles. The van der Waals surface area contributed by atoms with Crippen molar-refractivity contribution in [1.29, 1.82) is 0 Å². The van der Waals surface area contributed by atoms with E-state index in [1.807, 2.05) is 18.2 Å². The Bertz CT molecular complexity index is 220. The molecule has 0 spiro atoms.